The van der Waals surface area contributed by atoms with Gasteiger partial charge in [-0.15, -0.1) is 0 Å². The van der Waals surface area contributed by atoms with Crippen LogP contribution in [0.25, 0.3) is 11.2 Å². The molecule has 7 nitrogen and oxygen atoms in total. The summed E-state index contributed by atoms with van der Waals surface area (Å²) in [5.41, 5.74) is 7.25. The zero-order chi connectivity index (χ0) is 15.2. The molecule has 2 aromatic rings. The summed E-state index contributed by atoms with van der Waals surface area (Å²) in [6, 6.07) is 0. The maximum atomic E-state index is 5.78. The van der Waals surface area contributed by atoms with Crippen LogP contribution in [0.4, 0.5) is 5.82 Å². The van der Waals surface area contributed by atoms with Crippen LogP contribution in [0, 0.1) is 0 Å². The van der Waals surface area contributed by atoms with Crippen LogP contribution in [-0.2, 0) is 11.3 Å². The monoisotopic (exact) mass is 292 g/mol. The van der Waals surface area contributed by atoms with Gasteiger partial charge in [0.05, 0.1) is 19.0 Å². The summed E-state index contributed by atoms with van der Waals surface area (Å²) in [7, 11) is 2.11. The first-order valence-corrected chi connectivity index (χ1v) is 7.29. The summed E-state index contributed by atoms with van der Waals surface area (Å²) in [5, 5.41) is 0. The molecular formula is C14H24N6O. The Morgan fingerprint density at radius 1 is 1.29 bits per heavy atom. The summed E-state index contributed by atoms with van der Waals surface area (Å²) in [5.74, 6) is 0.432. The number of likely N-dealkylation sites (N-methyl/N-ethyl adjacent to an activating group) is 1. The average Bonchev–Trinajstić information content (AvgIpc) is 2.83. The number of aryl methyl sites for hydroxylation is 1. The summed E-state index contributed by atoms with van der Waals surface area (Å²) < 4.78 is 7.57. The number of aromatic nitrogens is 4. The van der Waals surface area contributed by atoms with E-state index in [1.807, 2.05) is 4.57 Å². The second kappa shape index (κ2) is 7.33. The normalized spacial score (nSPS) is 11.9. The van der Waals surface area contributed by atoms with Gasteiger partial charge in [0.1, 0.15) is 11.8 Å². The Morgan fingerprint density at radius 3 is 2.86 bits per heavy atom. The van der Waals surface area contributed by atoms with Gasteiger partial charge in [-0.3, -0.25) is 0 Å². The van der Waals surface area contributed by atoms with E-state index in [1.54, 1.807) is 6.33 Å². The van der Waals surface area contributed by atoms with E-state index < -0.39 is 0 Å². The molecule has 21 heavy (non-hydrogen) atoms. The van der Waals surface area contributed by atoms with E-state index >= 15 is 0 Å². The zero-order valence-corrected chi connectivity index (χ0v) is 13.0. The third-order valence-electron chi connectivity index (χ3n) is 3.29. The maximum absolute atomic E-state index is 5.78. The van der Waals surface area contributed by atoms with Crippen LogP contribution in [0.2, 0.25) is 0 Å². The van der Waals surface area contributed by atoms with Gasteiger partial charge in [0, 0.05) is 13.1 Å². The fourth-order valence-electron chi connectivity index (χ4n) is 2.13. The lowest BCUT2D eigenvalue weighted by molar-refractivity contribution is 0.0635. The Morgan fingerprint density at radius 2 is 2.10 bits per heavy atom. The molecule has 0 atom stereocenters. The largest absolute Gasteiger partial charge is 0.382 e. The molecule has 0 aromatic carbocycles. The topological polar surface area (TPSA) is 82.1 Å². The molecule has 116 valence electrons. The molecule has 2 rings (SSSR count). The third-order valence-corrected chi connectivity index (χ3v) is 3.29. The standard InChI is InChI=1S/C14H24N6O/c1-11(2)21-8-7-19(3)5-4-6-20-10-18-12-13(15)16-9-17-14(12)20/h9-11H,4-8H2,1-3H3,(H2,15,16,17). The molecule has 2 N–H and O–H groups in total. The van der Waals surface area contributed by atoms with Gasteiger partial charge in [0.25, 0.3) is 0 Å². The van der Waals surface area contributed by atoms with Gasteiger partial charge < -0.3 is 19.9 Å². The predicted octanol–water partition coefficient (Wildman–Crippen LogP) is 1.16. The van der Waals surface area contributed by atoms with Crippen LogP contribution in [0.1, 0.15) is 20.3 Å². The van der Waals surface area contributed by atoms with Crippen molar-refractivity contribution in [3.63, 3.8) is 0 Å². The number of anilines is 1. The van der Waals surface area contributed by atoms with Crippen molar-refractivity contribution >= 4 is 17.0 Å². The van der Waals surface area contributed by atoms with Gasteiger partial charge in [0.2, 0.25) is 0 Å². The first-order valence-electron chi connectivity index (χ1n) is 7.29. The molecule has 0 saturated carbocycles. The van der Waals surface area contributed by atoms with Crippen molar-refractivity contribution in [2.75, 3.05) is 32.5 Å². The van der Waals surface area contributed by atoms with E-state index in [2.05, 4.69) is 40.7 Å². The number of fused-ring (bicyclic) bond motifs is 1. The van der Waals surface area contributed by atoms with Crippen molar-refractivity contribution in [1.82, 2.24) is 24.4 Å². The molecule has 0 aliphatic heterocycles. The van der Waals surface area contributed by atoms with Crippen LogP contribution in [0.3, 0.4) is 0 Å². The van der Waals surface area contributed by atoms with Gasteiger partial charge >= 0.3 is 0 Å². The lowest BCUT2D eigenvalue weighted by Crippen LogP contribution is -2.26. The molecule has 0 fully saturated rings. The third kappa shape index (κ3) is 4.37. The molecule has 7 heteroatoms. The molecule has 0 saturated heterocycles. The van der Waals surface area contributed by atoms with Crippen molar-refractivity contribution in [2.45, 2.75) is 32.9 Å². The van der Waals surface area contributed by atoms with Gasteiger partial charge in [-0.1, -0.05) is 0 Å². The highest BCUT2D eigenvalue weighted by Crippen LogP contribution is 2.14. The smallest absolute Gasteiger partial charge is 0.165 e. The van der Waals surface area contributed by atoms with E-state index in [9.17, 15) is 0 Å². The van der Waals surface area contributed by atoms with Crippen molar-refractivity contribution < 1.29 is 4.74 Å². The minimum Gasteiger partial charge on any atom is -0.382 e. The highest BCUT2D eigenvalue weighted by Gasteiger charge is 2.07. The van der Waals surface area contributed by atoms with E-state index in [4.69, 9.17) is 10.5 Å². The number of hydrogen-bond acceptors (Lipinski definition) is 6. The summed E-state index contributed by atoms with van der Waals surface area (Å²) >= 11 is 0. The Hall–Kier alpha value is -1.73. The van der Waals surface area contributed by atoms with Crippen molar-refractivity contribution in [3.8, 4) is 0 Å². The fraction of sp³-hybridized carbons (Fsp3) is 0.643. The van der Waals surface area contributed by atoms with Crippen LogP contribution in [-0.4, -0.2) is 57.3 Å². The minimum absolute atomic E-state index is 0.292. The first-order chi connectivity index (χ1) is 10.1. The molecule has 2 heterocycles. The van der Waals surface area contributed by atoms with E-state index in [-0.39, 0.29) is 0 Å². The highest BCUT2D eigenvalue weighted by atomic mass is 16.5. The Bertz CT molecular complexity index is 568. The maximum Gasteiger partial charge on any atom is 0.165 e. The van der Waals surface area contributed by atoms with Crippen LogP contribution >= 0.6 is 0 Å². The number of imidazole rings is 1. The number of nitrogen functional groups attached to an aromatic ring is 1. The molecule has 0 amide bonds. The van der Waals surface area contributed by atoms with Gasteiger partial charge in [-0.2, -0.15) is 0 Å². The number of ether oxygens (including phenoxy) is 1. The van der Waals surface area contributed by atoms with Crippen LogP contribution in [0.5, 0.6) is 0 Å². The van der Waals surface area contributed by atoms with Crippen molar-refractivity contribution in [2.24, 2.45) is 0 Å². The van der Waals surface area contributed by atoms with Crippen LogP contribution < -0.4 is 5.73 Å². The highest BCUT2D eigenvalue weighted by molar-refractivity contribution is 5.80. The zero-order valence-electron chi connectivity index (χ0n) is 13.0. The predicted molar refractivity (Wildman–Crippen MR) is 82.9 cm³/mol. The molecule has 0 spiro atoms. The molecular weight excluding hydrogens is 268 g/mol. The lowest BCUT2D eigenvalue weighted by atomic mass is 10.3. The molecule has 0 bridgehead atoms. The molecule has 0 unspecified atom stereocenters. The molecule has 2 aromatic heterocycles. The van der Waals surface area contributed by atoms with E-state index in [0.29, 0.717) is 17.4 Å². The van der Waals surface area contributed by atoms with Gasteiger partial charge in [-0.05, 0) is 33.9 Å². The van der Waals surface area contributed by atoms with E-state index in [1.165, 1.54) is 6.33 Å². The average molecular weight is 292 g/mol. The number of nitrogens with two attached hydrogens (primary N) is 1. The SMILES string of the molecule is CC(C)OCCN(C)CCCn1cnc2c(N)ncnc21. The fourth-order valence-corrected chi connectivity index (χ4v) is 2.13. The Labute approximate surface area is 125 Å². The number of hydrogen-bond donors (Lipinski definition) is 1. The lowest BCUT2D eigenvalue weighted by Gasteiger charge is -2.17. The summed E-state index contributed by atoms with van der Waals surface area (Å²) in [6.45, 7) is 7.68. The van der Waals surface area contributed by atoms with Gasteiger partial charge in [-0.25, -0.2) is 15.0 Å². The summed E-state index contributed by atoms with van der Waals surface area (Å²) in [6.07, 6.45) is 4.57. The van der Waals surface area contributed by atoms with E-state index in [0.717, 1.165) is 38.3 Å². The van der Waals surface area contributed by atoms with Crippen molar-refractivity contribution in [1.29, 1.82) is 0 Å². The Kier molecular flexibility index (Phi) is 5.46. The molecule has 0 radical (unpaired) electrons. The number of nitrogens with zero attached hydrogens (tertiary/aromatic N) is 5. The molecule has 0 aliphatic carbocycles. The van der Waals surface area contributed by atoms with Crippen molar-refractivity contribution in [3.05, 3.63) is 12.7 Å². The Balaban J connectivity index is 1.79. The second-order valence-electron chi connectivity index (χ2n) is 5.45. The molecule has 0 aliphatic rings. The van der Waals surface area contributed by atoms with Gasteiger partial charge in [0.15, 0.2) is 11.5 Å². The minimum atomic E-state index is 0.292. The summed E-state index contributed by atoms with van der Waals surface area (Å²) in [4.78, 5) is 14.7. The second-order valence-corrected chi connectivity index (χ2v) is 5.45. The first kappa shape index (κ1) is 15.7. The number of rotatable bonds is 8. The van der Waals surface area contributed by atoms with Crippen LogP contribution in [0.15, 0.2) is 12.7 Å². The quantitative estimate of drug-likeness (QED) is 0.786.